The highest BCUT2D eigenvalue weighted by Crippen LogP contribution is 2.21. The molecule has 0 heterocycles. The molecule has 3 N–H and O–H groups in total. The van der Waals surface area contributed by atoms with Gasteiger partial charge in [0.25, 0.3) is 0 Å². The molecular formula is C7H6INO4S. The Labute approximate surface area is 94.1 Å². The zero-order valence-corrected chi connectivity index (χ0v) is 9.74. The van der Waals surface area contributed by atoms with E-state index in [2.05, 4.69) is 0 Å². The Morgan fingerprint density at radius 3 is 2.36 bits per heavy atom. The summed E-state index contributed by atoms with van der Waals surface area (Å²) in [7, 11) is -4.00. The minimum absolute atomic E-state index is 0.296. The molecule has 76 valence electrons. The number of carboxylic acids is 1. The van der Waals surface area contributed by atoms with E-state index in [1.807, 2.05) is 0 Å². The minimum atomic E-state index is -4.00. The number of hydrogen-bond acceptors (Lipinski definition) is 3. The smallest absolute Gasteiger partial charge is 0.337 e. The Kier molecular flexibility index (Phi) is 3.12. The number of primary sulfonamides is 1. The van der Waals surface area contributed by atoms with Gasteiger partial charge in [-0.25, -0.2) is 18.4 Å². The summed E-state index contributed by atoms with van der Waals surface area (Å²) in [5.41, 5.74) is -0.306. The maximum atomic E-state index is 11.1. The predicted octanol–water partition coefficient (Wildman–Crippen LogP) is 0.637. The lowest BCUT2D eigenvalue weighted by Gasteiger charge is -2.05. The van der Waals surface area contributed by atoms with Crippen LogP contribution < -0.4 is 5.14 Å². The molecule has 0 saturated carbocycles. The van der Waals surface area contributed by atoms with Crippen molar-refractivity contribution >= 4 is 38.6 Å². The molecule has 0 aliphatic carbocycles. The van der Waals surface area contributed by atoms with Crippen molar-refractivity contribution < 1.29 is 18.3 Å². The number of hydrogen-bond donors (Lipinski definition) is 2. The lowest BCUT2D eigenvalue weighted by molar-refractivity contribution is 0.0692. The summed E-state index contributed by atoms with van der Waals surface area (Å²) >= 11 is 1.72. The molecule has 0 atom stereocenters. The Morgan fingerprint density at radius 1 is 1.43 bits per heavy atom. The van der Waals surface area contributed by atoms with E-state index in [-0.39, 0.29) is 10.5 Å². The van der Waals surface area contributed by atoms with E-state index < -0.39 is 16.0 Å². The van der Waals surface area contributed by atoms with Crippen molar-refractivity contribution in [2.75, 3.05) is 0 Å². The van der Waals surface area contributed by atoms with Crippen molar-refractivity contribution in [3.8, 4) is 0 Å². The van der Waals surface area contributed by atoms with Gasteiger partial charge in [0.05, 0.1) is 5.56 Å². The number of sulfonamides is 1. The topological polar surface area (TPSA) is 97.5 Å². The van der Waals surface area contributed by atoms with Crippen molar-refractivity contribution in [3.63, 3.8) is 0 Å². The molecule has 0 radical (unpaired) electrons. The van der Waals surface area contributed by atoms with Crippen LogP contribution in [0.15, 0.2) is 23.1 Å². The second kappa shape index (κ2) is 3.83. The molecule has 5 nitrogen and oxygen atoms in total. The van der Waals surface area contributed by atoms with Crippen LogP contribution in [0.5, 0.6) is 0 Å². The van der Waals surface area contributed by atoms with E-state index in [0.717, 1.165) is 0 Å². The number of aromatic carboxylic acids is 1. The Morgan fingerprint density at radius 2 is 2.00 bits per heavy atom. The normalized spacial score (nSPS) is 11.3. The fourth-order valence-electron chi connectivity index (χ4n) is 0.966. The first-order chi connectivity index (χ1) is 6.34. The van der Waals surface area contributed by atoms with Crippen LogP contribution in [0.25, 0.3) is 0 Å². The van der Waals surface area contributed by atoms with Crippen molar-refractivity contribution in [2.45, 2.75) is 4.90 Å². The monoisotopic (exact) mass is 327 g/mol. The van der Waals surface area contributed by atoms with Crippen LogP contribution in [0.3, 0.4) is 0 Å². The predicted molar refractivity (Wildman–Crippen MR) is 57.5 cm³/mol. The van der Waals surface area contributed by atoms with Crippen molar-refractivity contribution in [1.82, 2.24) is 0 Å². The standard InChI is InChI=1S/C7H6INO4S/c8-5-3-1-2-4(7(10)11)6(5)14(9,12)13/h1-3H,(H,10,11)(H2,9,12,13). The fraction of sp³-hybridized carbons (Fsp3) is 0. The first kappa shape index (κ1) is 11.4. The quantitative estimate of drug-likeness (QED) is 0.779. The third-order valence-electron chi connectivity index (χ3n) is 1.48. The van der Waals surface area contributed by atoms with Gasteiger partial charge in [-0.05, 0) is 34.7 Å². The molecule has 14 heavy (non-hydrogen) atoms. The van der Waals surface area contributed by atoms with E-state index in [0.29, 0.717) is 3.57 Å². The molecule has 0 spiro atoms. The van der Waals surface area contributed by atoms with Gasteiger partial charge in [-0.3, -0.25) is 0 Å². The van der Waals surface area contributed by atoms with Crippen LogP contribution in [0.2, 0.25) is 0 Å². The van der Waals surface area contributed by atoms with Crippen LogP contribution in [-0.2, 0) is 10.0 Å². The SMILES string of the molecule is NS(=O)(=O)c1c(I)cccc1C(=O)O. The lowest BCUT2D eigenvalue weighted by Crippen LogP contribution is -2.18. The summed E-state index contributed by atoms with van der Waals surface area (Å²) < 4.78 is 22.5. The summed E-state index contributed by atoms with van der Waals surface area (Å²) in [6.07, 6.45) is 0. The van der Waals surface area contributed by atoms with E-state index in [1.54, 1.807) is 22.6 Å². The molecule has 0 bridgehead atoms. The molecule has 0 aromatic heterocycles. The van der Waals surface area contributed by atoms with Gasteiger partial charge >= 0.3 is 5.97 Å². The van der Waals surface area contributed by atoms with Crippen molar-refractivity contribution in [2.24, 2.45) is 5.14 Å². The van der Waals surface area contributed by atoms with Gasteiger partial charge < -0.3 is 5.11 Å². The summed E-state index contributed by atoms with van der Waals surface area (Å²) in [6.45, 7) is 0. The van der Waals surface area contributed by atoms with Gasteiger partial charge in [-0.1, -0.05) is 6.07 Å². The first-order valence-corrected chi connectivity index (χ1v) is 6.01. The van der Waals surface area contributed by atoms with Crippen molar-refractivity contribution in [1.29, 1.82) is 0 Å². The number of nitrogens with two attached hydrogens (primary N) is 1. The minimum Gasteiger partial charge on any atom is -0.478 e. The van der Waals surface area contributed by atoms with Gasteiger partial charge in [-0.2, -0.15) is 0 Å². The van der Waals surface area contributed by atoms with E-state index in [9.17, 15) is 13.2 Å². The van der Waals surface area contributed by atoms with Crippen LogP contribution in [0, 0.1) is 3.57 Å². The number of rotatable bonds is 2. The average molecular weight is 327 g/mol. The molecule has 0 unspecified atom stereocenters. The fourth-order valence-corrected chi connectivity index (χ4v) is 3.19. The summed E-state index contributed by atoms with van der Waals surface area (Å²) in [4.78, 5) is 10.4. The Bertz CT molecular complexity index is 482. The number of carbonyl (C=O) groups is 1. The molecule has 1 aromatic carbocycles. The van der Waals surface area contributed by atoms with Crippen LogP contribution >= 0.6 is 22.6 Å². The highest BCUT2D eigenvalue weighted by molar-refractivity contribution is 14.1. The second-order valence-electron chi connectivity index (χ2n) is 2.47. The van der Waals surface area contributed by atoms with Gasteiger partial charge in [0.15, 0.2) is 0 Å². The molecule has 0 saturated heterocycles. The first-order valence-electron chi connectivity index (χ1n) is 3.38. The maximum absolute atomic E-state index is 11.1. The van der Waals surface area contributed by atoms with Crippen LogP contribution in [-0.4, -0.2) is 19.5 Å². The number of benzene rings is 1. The third kappa shape index (κ3) is 2.22. The van der Waals surface area contributed by atoms with E-state index in [4.69, 9.17) is 10.2 Å². The molecule has 0 aliphatic heterocycles. The molecule has 0 fully saturated rings. The molecular weight excluding hydrogens is 321 g/mol. The van der Waals surface area contributed by atoms with Gasteiger partial charge in [0.1, 0.15) is 4.90 Å². The zero-order chi connectivity index (χ0) is 10.9. The Hall–Kier alpha value is -0.670. The molecule has 1 aromatic rings. The number of carboxylic acid groups (broad SMARTS) is 1. The average Bonchev–Trinajstić information content (AvgIpc) is 2.01. The van der Waals surface area contributed by atoms with E-state index in [1.165, 1.54) is 18.2 Å². The molecule has 0 amide bonds. The van der Waals surface area contributed by atoms with Crippen LogP contribution in [0.4, 0.5) is 0 Å². The molecule has 1 rings (SSSR count). The van der Waals surface area contributed by atoms with E-state index >= 15 is 0 Å². The largest absolute Gasteiger partial charge is 0.478 e. The molecule has 7 heteroatoms. The van der Waals surface area contributed by atoms with Crippen LogP contribution in [0.1, 0.15) is 10.4 Å². The zero-order valence-electron chi connectivity index (χ0n) is 6.77. The van der Waals surface area contributed by atoms with Gasteiger partial charge in [0, 0.05) is 3.57 Å². The highest BCUT2D eigenvalue weighted by Gasteiger charge is 2.21. The molecule has 0 aliphatic rings. The van der Waals surface area contributed by atoms with Crippen molar-refractivity contribution in [3.05, 3.63) is 27.3 Å². The highest BCUT2D eigenvalue weighted by atomic mass is 127. The Balaban J connectivity index is 3.62. The van der Waals surface area contributed by atoms with Gasteiger partial charge in [-0.15, -0.1) is 0 Å². The summed E-state index contributed by atoms with van der Waals surface area (Å²) in [5, 5.41) is 13.6. The van der Waals surface area contributed by atoms with Gasteiger partial charge in [0.2, 0.25) is 10.0 Å². The summed E-state index contributed by atoms with van der Waals surface area (Å²) in [6, 6.07) is 4.14. The summed E-state index contributed by atoms with van der Waals surface area (Å²) in [5.74, 6) is -1.31. The maximum Gasteiger partial charge on any atom is 0.337 e. The third-order valence-corrected chi connectivity index (χ3v) is 3.76. The number of halogens is 1. The lowest BCUT2D eigenvalue weighted by atomic mass is 10.2. The second-order valence-corrected chi connectivity index (χ2v) is 5.13.